The van der Waals surface area contributed by atoms with Gasteiger partial charge < -0.3 is 9.73 Å². The number of anilines is 1. The van der Waals surface area contributed by atoms with Crippen molar-refractivity contribution >= 4 is 22.8 Å². The SMILES string of the molecule is Cc1nc(C(F)(F)F)ccc1C(=O)Nc1ncnc2oc(C)c(C)c12. The minimum Gasteiger partial charge on any atom is -0.443 e. The summed E-state index contributed by atoms with van der Waals surface area (Å²) in [5.74, 6) is 0.249. The molecular weight excluding hydrogens is 337 g/mol. The molecule has 0 radical (unpaired) electrons. The molecule has 25 heavy (non-hydrogen) atoms. The molecule has 0 saturated heterocycles. The average Bonchev–Trinajstić information content (AvgIpc) is 2.82. The molecule has 0 spiro atoms. The van der Waals surface area contributed by atoms with Crippen molar-refractivity contribution in [2.45, 2.75) is 26.9 Å². The number of nitrogens with one attached hydrogen (secondary N) is 1. The molecule has 0 bridgehead atoms. The number of amides is 1. The zero-order valence-electron chi connectivity index (χ0n) is 13.5. The number of pyridine rings is 1. The fourth-order valence-electron chi connectivity index (χ4n) is 2.41. The number of carbonyl (C=O) groups excluding carboxylic acids is 1. The van der Waals surface area contributed by atoms with Crippen molar-refractivity contribution in [1.82, 2.24) is 15.0 Å². The summed E-state index contributed by atoms with van der Waals surface area (Å²) in [7, 11) is 0. The number of aromatic nitrogens is 3. The van der Waals surface area contributed by atoms with Crippen LogP contribution in [0.2, 0.25) is 0 Å². The van der Waals surface area contributed by atoms with E-state index in [-0.39, 0.29) is 17.1 Å². The third-order valence-corrected chi connectivity index (χ3v) is 3.82. The van der Waals surface area contributed by atoms with Gasteiger partial charge in [0.05, 0.1) is 16.6 Å². The number of aryl methyl sites for hydroxylation is 3. The lowest BCUT2D eigenvalue weighted by molar-refractivity contribution is -0.141. The highest BCUT2D eigenvalue weighted by molar-refractivity contribution is 6.08. The first kappa shape index (κ1) is 16.9. The highest BCUT2D eigenvalue weighted by Crippen LogP contribution is 2.30. The second-order valence-electron chi connectivity index (χ2n) is 5.47. The van der Waals surface area contributed by atoms with E-state index in [0.29, 0.717) is 16.9 Å². The third kappa shape index (κ3) is 3.04. The lowest BCUT2D eigenvalue weighted by Crippen LogP contribution is -2.17. The van der Waals surface area contributed by atoms with Crippen LogP contribution in [0.25, 0.3) is 11.1 Å². The molecule has 0 atom stereocenters. The molecule has 0 saturated carbocycles. The van der Waals surface area contributed by atoms with Crippen LogP contribution in [0.3, 0.4) is 0 Å². The smallest absolute Gasteiger partial charge is 0.433 e. The average molecular weight is 350 g/mol. The molecule has 0 aliphatic heterocycles. The molecule has 9 heteroatoms. The quantitative estimate of drug-likeness (QED) is 0.760. The van der Waals surface area contributed by atoms with Crippen molar-refractivity contribution in [2.24, 2.45) is 0 Å². The van der Waals surface area contributed by atoms with Crippen molar-refractivity contribution in [2.75, 3.05) is 5.32 Å². The fourth-order valence-corrected chi connectivity index (χ4v) is 2.41. The van der Waals surface area contributed by atoms with Gasteiger partial charge in [-0.05, 0) is 32.9 Å². The third-order valence-electron chi connectivity index (χ3n) is 3.82. The summed E-state index contributed by atoms with van der Waals surface area (Å²) in [5, 5.41) is 3.13. The zero-order valence-corrected chi connectivity index (χ0v) is 13.5. The van der Waals surface area contributed by atoms with Gasteiger partial charge >= 0.3 is 6.18 Å². The number of furan rings is 1. The van der Waals surface area contributed by atoms with Gasteiger partial charge in [-0.3, -0.25) is 4.79 Å². The van der Waals surface area contributed by atoms with Gasteiger partial charge in [-0.15, -0.1) is 0 Å². The monoisotopic (exact) mass is 350 g/mol. The van der Waals surface area contributed by atoms with Crippen LogP contribution < -0.4 is 5.32 Å². The molecule has 0 fully saturated rings. The van der Waals surface area contributed by atoms with E-state index in [1.165, 1.54) is 13.3 Å². The standard InChI is InChI=1S/C16H13F3N4O2/c1-7-9(3)25-15-12(7)13(20-6-21-15)23-14(24)10-4-5-11(16(17,18)19)22-8(10)2/h4-6H,1-3H3,(H,20,21,23,24). The van der Waals surface area contributed by atoms with Crippen molar-refractivity contribution in [3.63, 3.8) is 0 Å². The van der Waals surface area contributed by atoms with Crippen LogP contribution in [-0.2, 0) is 6.18 Å². The molecule has 130 valence electrons. The van der Waals surface area contributed by atoms with Crippen molar-refractivity contribution < 1.29 is 22.4 Å². The summed E-state index contributed by atoms with van der Waals surface area (Å²) >= 11 is 0. The van der Waals surface area contributed by atoms with Crippen molar-refractivity contribution in [3.8, 4) is 0 Å². The van der Waals surface area contributed by atoms with Crippen LogP contribution in [0.15, 0.2) is 22.9 Å². The van der Waals surface area contributed by atoms with E-state index in [4.69, 9.17) is 4.42 Å². The fraction of sp³-hybridized carbons (Fsp3) is 0.250. The maximum absolute atomic E-state index is 12.7. The summed E-state index contributed by atoms with van der Waals surface area (Å²) < 4.78 is 43.5. The minimum absolute atomic E-state index is 0.0256. The molecule has 6 nitrogen and oxygen atoms in total. The Morgan fingerprint density at radius 1 is 1.16 bits per heavy atom. The van der Waals surface area contributed by atoms with Crippen LogP contribution in [0.1, 0.15) is 33.1 Å². The Labute approximate surface area is 140 Å². The number of hydrogen-bond donors (Lipinski definition) is 1. The maximum atomic E-state index is 12.7. The summed E-state index contributed by atoms with van der Waals surface area (Å²) in [6, 6.07) is 1.86. The molecule has 0 aliphatic carbocycles. The summed E-state index contributed by atoms with van der Waals surface area (Å²) in [4.78, 5) is 23.9. The number of alkyl halides is 3. The first-order valence-corrected chi connectivity index (χ1v) is 7.25. The van der Waals surface area contributed by atoms with E-state index in [0.717, 1.165) is 17.7 Å². The molecule has 3 aromatic rings. The van der Waals surface area contributed by atoms with Crippen LogP contribution in [0.5, 0.6) is 0 Å². The molecule has 1 N–H and O–H groups in total. The normalized spacial score (nSPS) is 11.8. The molecule has 0 unspecified atom stereocenters. The van der Waals surface area contributed by atoms with Gasteiger partial charge in [-0.25, -0.2) is 15.0 Å². The molecule has 3 aromatic heterocycles. The Morgan fingerprint density at radius 2 is 1.88 bits per heavy atom. The second-order valence-corrected chi connectivity index (χ2v) is 5.47. The highest BCUT2D eigenvalue weighted by Gasteiger charge is 2.33. The van der Waals surface area contributed by atoms with Crippen molar-refractivity contribution in [3.05, 3.63) is 46.7 Å². The molecule has 0 aliphatic rings. The summed E-state index contributed by atoms with van der Waals surface area (Å²) in [6.07, 6.45) is -3.33. The van der Waals surface area contributed by atoms with Gasteiger partial charge in [0.15, 0.2) is 0 Å². The first-order chi connectivity index (χ1) is 11.7. The Morgan fingerprint density at radius 3 is 2.52 bits per heavy atom. The number of rotatable bonds is 2. The van der Waals surface area contributed by atoms with Gasteiger partial charge in [-0.1, -0.05) is 0 Å². The second kappa shape index (κ2) is 5.83. The van der Waals surface area contributed by atoms with E-state index in [2.05, 4.69) is 20.3 Å². The van der Waals surface area contributed by atoms with Gasteiger partial charge in [0, 0.05) is 5.56 Å². The maximum Gasteiger partial charge on any atom is 0.433 e. The molecule has 1 amide bonds. The van der Waals surface area contributed by atoms with Gasteiger partial charge in [-0.2, -0.15) is 13.2 Å². The van der Waals surface area contributed by atoms with Crippen LogP contribution in [0, 0.1) is 20.8 Å². The number of hydrogen-bond acceptors (Lipinski definition) is 5. The van der Waals surface area contributed by atoms with Crippen LogP contribution in [-0.4, -0.2) is 20.9 Å². The van der Waals surface area contributed by atoms with E-state index < -0.39 is 17.8 Å². The Hall–Kier alpha value is -2.97. The predicted octanol–water partition coefficient (Wildman–Crippen LogP) is 3.81. The van der Waals surface area contributed by atoms with Crippen molar-refractivity contribution in [1.29, 1.82) is 0 Å². The van der Waals surface area contributed by atoms with E-state index >= 15 is 0 Å². The van der Waals surface area contributed by atoms with E-state index in [9.17, 15) is 18.0 Å². The minimum atomic E-state index is -4.57. The Kier molecular flexibility index (Phi) is 3.94. The summed E-state index contributed by atoms with van der Waals surface area (Å²) in [6.45, 7) is 4.89. The first-order valence-electron chi connectivity index (χ1n) is 7.25. The molecule has 0 aromatic carbocycles. The predicted molar refractivity (Wildman–Crippen MR) is 83.2 cm³/mol. The Bertz CT molecular complexity index is 979. The zero-order chi connectivity index (χ0) is 18.4. The summed E-state index contributed by atoms with van der Waals surface area (Å²) in [5.41, 5.74) is 0.0402. The van der Waals surface area contributed by atoms with E-state index in [1.54, 1.807) is 13.8 Å². The largest absolute Gasteiger partial charge is 0.443 e. The number of halogens is 3. The lowest BCUT2D eigenvalue weighted by atomic mass is 10.1. The number of nitrogens with zero attached hydrogens (tertiary/aromatic N) is 3. The van der Waals surface area contributed by atoms with Gasteiger partial charge in [0.25, 0.3) is 5.91 Å². The molecule has 3 heterocycles. The van der Waals surface area contributed by atoms with E-state index in [1.807, 2.05) is 0 Å². The van der Waals surface area contributed by atoms with Gasteiger partial charge in [0.2, 0.25) is 5.71 Å². The highest BCUT2D eigenvalue weighted by atomic mass is 19.4. The molecule has 3 rings (SSSR count). The number of fused-ring (bicyclic) bond motifs is 1. The number of carbonyl (C=O) groups is 1. The van der Waals surface area contributed by atoms with Gasteiger partial charge in [0.1, 0.15) is 23.6 Å². The Balaban J connectivity index is 1.96. The topological polar surface area (TPSA) is 80.9 Å². The van der Waals surface area contributed by atoms with Crippen LogP contribution in [0.4, 0.5) is 19.0 Å². The van der Waals surface area contributed by atoms with Crippen LogP contribution >= 0.6 is 0 Å². The lowest BCUT2D eigenvalue weighted by Gasteiger charge is -2.10. The molecular formula is C16H13F3N4O2.